The molecule has 0 aliphatic carbocycles. The van der Waals surface area contributed by atoms with Crippen LogP contribution in [0.5, 0.6) is 5.75 Å². The van der Waals surface area contributed by atoms with E-state index in [-0.39, 0.29) is 16.5 Å². The molecule has 8 heteroatoms. The van der Waals surface area contributed by atoms with Gasteiger partial charge in [0.25, 0.3) is 5.91 Å². The van der Waals surface area contributed by atoms with E-state index in [2.05, 4.69) is 15.2 Å². The van der Waals surface area contributed by atoms with E-state index >= 15 is 0 Å². The Morgan fingerprint density at radius 1 is 1.50 bits per heavy atom. The van der Waals surface area contributed by atoms with E-state index in [0.29, 0.717) is 5.56 Å². The molecule has 0 unspecified atom stereocenters. The van der Waals surface area contributed by atoms with Crippen molar-refractivity contribution in [2.24, 2.45) is 7.05 Å². The Kier molecular flexibility index (Phi) is 4.19. The molecule has 2 rings (SSSR count). The number of hydrogen-bond donors (Lipinski definition) is 1. The van der Waals surface area contributed by atoms with E-state index in [9.17, 15) is 13.6 Å². The summed E-state index contributed by atoms with van der Waals surface area (Å²) in [5, 5.41) is 6.53. The average molecular weight is 302 g/mol. The number of amides is 1. The van der Waals surface area contributed by atoms with Crippen LogP contribution in [0.4, 0.5) is 14.5 Å². The van der Waals surface area contributed by atoms with Crippen LogP contribution < -0.4 is 10.1 Å². The molecule has 1 amide bonds. The largest absolute Gasteiger partial charge is 0.433 e. The number of anilines is 1. The van der Waals surface area contributed by atoms with Crippen LogP contribution in [0.15, 0.2) is 30.6 Å². The van der Waals surface area contributed by atoms with Crippen molar-refractivity contribution < 1.29 is 18.3 Å². The molecule has 0 aliphatic rings. The zero-order chi connectivity index (χ0) is 14.7. The summed E-state index contributed by atoms with van der Waals surface area (Å²) in [6.07, 6.45) is 2.86. The highest BCUT2D eigenvalue weighted by molar-refractivity contribution is 6.30. The third-order valence-corrected chi connectivity index (χ3v) is 2.61. The van der Waals surface area contributed by atoms with Gasteiger partial charge in [-0.1, -0.05) is 11.6 Å². The molecule has 0 fully saturated rings. The molecular formula is C12H10ClF2N3O2. The number of benzene rings is 1. The standard InChI is InChI=1S/C12H10ClF2N3O2/c1-18-6-7(5-16-18)11(19)17-9-3-2-8(13)4-10(9)20-12(14)15/h2-6,12H,1H3,(H,17,19). The van der Waals surface area contributed by atoms with E-state index < -0.39 is 12.5 Å². The average Bonchev–Trinajstić information content (AvgIpc) is 2.78. The van der Waals surface area contributed by atoms with Crippen LogP contribution in [0.1, 0.15) is 10.4 Å². The fourth-order valence-electron chi connectivity index (χ4n) is 1.53. The lowest BCUT2D eigenvalue weighted by Crippen LogP contribution is -2.13. The van der Waals surface area contributed by atoms with Crippen molar-refractivity contribution in [3.05, 3.63) is 41.2 Å². The Hall–Kier alpha value is -2.15. The molecule has 5 nitrogen and oxygen atoms in total. The first-order valence-corrected chi connectivity index (χ1v) is 5.88. The summed E-state index contributed by atoms with van der Waals surface area (Å²) in [5.74, 6) is -0.690. The summed E-state index contributed by atoms with van der Waals surface area (Å²) in [5.41, 5.74) is 0.397. The van der Waals surface area contributed by atoms with Gasteiger partial charge in [0.05, 0.1) is 17.4 Å². The first kappa shape index (κ1) is 14.3. The monoisotopic (exact) mass is 301 g/mol. The van der Waals surface area contributed by atoms with Gasteiger partial charge in [0.15, 0.2) is 5.75 Å². The molecule has 106 valence electrons. The number of carbonyl (C=O) groups is 1. The molecule has 0 bridgehead atoms. The summed E-state index contributed by atoms with van der Waals surface area (Å²) in [7, 11) is 1.66. The zero-order valence-corrected chi connectivity index (χ0v) is 11.1. The molecule has 0 aliphatic heterocycles. The topological polar surface area (TPSA) is 56.2 Å². The maximum Gasteiger partial charge on any atom is 0.387 e. The van der Waals surface area contributed by atoms with Gasteiger partial charge in [-0.15, -0.1) is 0 Å². The highest BCUT2D eigenvalue weighted by Crippen LogP contribution is 2.29. The van der Waals surface area contributed by atoms with Crippen LogP contribution in [0.3, 0.4) is 0 Å². The van der Waals surface area contributed by atoms with E-state index in [4.69, 9.17) is 11.6 Å². The van der Waals surface area contributed by atoms with E-state index in [1.165, 1.54) is 35.3 Å². The predicted octanol–water partition coefficient (Wildman–Crippen LogP) is 2.93. The molecule has 1 heterocycles. The van der Waals surface area contributed by atoms with Gasteiger partial charge in [-0.05, 0) is 12.1 Å². The molecule has 1 N–H and O–H groups in total. The Balaban J connectivity index is 2.22. The molecule has 0 atom stereocenters. The highest BCUT2D eigenvalue weighted by atomic mass is 35.5. The second kappa shape index (κ2) is 5.87. The van der Waals surface area contributed by atoms with Crippen molar-refractivity contribution in [3.8, 4) is 5.75 Å². The number of nitrogens with zero attached hydrogens (tertiary/aromatic N) is 2. The van der Waals surface area contributed by atoms with Crippen LogP contribution in [-0.2, 0) is 7.05 Å². The van der Waals surface area contributed by atoms with Gasteiger partial charge >= 0.3 is 6.61 Å². The van der Waals surface area contributed by atoms with Crippen molar-refractivity contribution in [2.75, 3.05) is 5.32 Å². The Labute approximate surface area is 118 Å². The molecule has 1 aromatic carbocycles. The molecular weight excluding hydrogens is 292 g/mol. The minimum Gasteiger partial charge on any atom is -0.433 e. The van der Waals surface area contributed by atoms with Crippen LogP contribution in [0.25, 0.3) is 0 Å². The molecule has 0 spiro atoms. The van der Waals surface area contributed by atoms with Gasteiger partial charge in [0.2, 0.25) is 0 Å². The molecule has 1 aromatic heterocycles. The summed E-state index contributed by atoms with van der Waals surface area (Å²) in [4.78, 5) is 11.9. The quantitative estimate of drug-likeness (QED) is 0.944. The summed E-state index contributed by atoms with van der Waals surface area (Å²) >= 11 is 5.71. The number of aryl methyl sites for hydroxylation is 1. The Bertz CT molecular complexity index is 631. The van der Waals surface area contributed by atoms with Gasteiger partial charge in [-0.25, -0.2) is 0 Å². The molecule has 2 aromatic rings. The fourth-order valence-corrected chi connectivity index (χ4v) is 1.69. The van der Waals surface area contributed by atoms with Gasteiger partial charge in [0.1, 0.15) is 0 Å². The van der Waals surface area contributed by atoms with Crippen molar-refractivity contribution in [3.63, 3.8) is 0 Å². The van der Waals surface area contributed by atoms with Gasteiger partial charge in [0, 0.05) is 24.3 Å². The van der Waals surface area contributed by atoms with Crippen LogP contribution in [0.2, 0.25) is 5.02 Å². The van der Waals surface area contributed by atoms with Gasteiger partial charge < -0.3 is 10.1 Å². The van der Waals surface area contributed by atoms with Crippen LogP contribution in [0, 0.1) is 0 Å². The SMILES string of the molecule is Cn1cc(C(=O)Nc2ccc(Cl)cc2OC(F)F)cn1. The predicted molar refractivity (Wildman–Crippen MR) is 69.2 cm³/mol. The smallest absolute Gasteiger partial charge is 0.387 e. The zero-order valence-electron chi connectivity index (χ0n) is 10.3. The summed E-state index contributed by atoms with van der Waals surface area (Å²) in [6, 6.07) is 4.04. The van der Waals surface area contributed by atoms with Crippen LogP contribution in [-0.4, -0.2) is 22.3 Å². The van der Waals surface area contributed by atoms with E-state index in [1.807, 2.05) is 0 Å². The highest BCUT2D eigenvalue weighted by Gasteiger charge is 2.14. The normalized spacial score (nSPS) is 10.7. The molecule has 0 saturated heterocycles. The summed E-state index contributed by atoms with van der Waals surface area (Å²) < 4.78 is 30.4. The lowest BCUT2D eigenvalue weighted by molar-refractivity contribution is -0.0493. The number of hydrogen-bond acceptors (Lipinski definition) is 3. The van der Waals surface area contributed by atoms with E-state index in [1.54, 1.807) is 7.05 Å². The molecule has 0 saturated carbocycles. The number of aromatic nitrogens is 2. The fraction of sp³-hybridized carbons (Fsp3) is 0.167. The Morgan fingerprint density at radius 3 is 2.85 bits per heavy atom. The number of ether oxygens (including phenoxy) is 1. The molecule has 20 heavy (non-hydrogen) atoms. The van der Waals surface area contributed by atoms with Gasteiger partial charge in [-0.3, -0.25) is 9.48 Å². The first-order chi connectivity index (χ1) is 9.45. The maximum atomic E-state index is 12.3. The lowest BCUT2D eigenvalue weighted by Gasteiger charge is -2.11. The number of rotatable bonds is 4. The lowest BCUT2D eigenvalue weighted by atomic mass is 10.2. The molecule has 0 radical (unpaired) electrons. The van der Waals surface area contributed by atoms with Gasteiger partial charge in [-0.2, -0.15) is 13.9 Å². The second-order valence-electron chi connectivity index (χ2n) is 3.88. The maximum absolute atomic E-state index is 12.3. The van der Waals surface area contributed by atoms with Crippen LogP contribution >= 0.6 is 11.6 Å². The van der Waals surface area contributed by atoms with E-state index in [0.717, 1.165) is 0 Å². The van der Waals surface area contributed by atoms with Crippen molar-refractivity contribution in [1.29, 1.82) is 0 Å². The third kappa shape index (κ3) is 3.45. The third-order valence-electron chi connectivity index (χ3n) is 2.37. The summed E-state index contributed by atoms with van der Waals surface area (Å²) in [6.45, 7) is -3.01. The minimum atomic E-state index is -3.01. The number of alkyl halides is 2. The minimum absolute atomic E-state index is 0.101. The number of carbonyl (C=O) groups excluding carboxylic acids is 1. The first-order valence-electron chi connectivity index (χ1n) is 5.50. The van der Waals surface area contributed by atoms with Crippen molar-refractivity contribution >= 4 is 23.2 Å². The van der Waals surface area contributed by atoms with Crippen molar-refractivity contribution in [1.82, 2.24) is 9.78 Å². The van der Waals surface area contributed by atoms with Crippen molar-refractivity contribution in [2.45, 2.75) is 6.61 Å². The number of halogens is 3. The Morgan fingerprint density at radius 2 is 2.25 bits per heavy atom. The second-order valence-corrected chi connectivity index (χ2v) is 4.31. The number of nitrogens with one attached hydrogen (secondary N) is 1.